The summed E-state index contributed by atoms with van der Waals surface area (Å²) in [6, 6.07) is 8.77. The molecule has 1 aromatic carbocycles. The molecular formula is C16H21N3. The highest BCUT2D eigenvalue weighted by atomic mass is 15.1. The number of nitrogens with two attached hydrogens (primary N) is 1. The minimum atomic E-state index is 0.0674. The lowest BCUT2D eigenvalue weighted by Crippen LogP contribution is -2.25. The number of hydrogen-bond acceptors (Lipinski definition) is 2. The van der Waals surface area contributed by atoms with Gasteiger partial charge in [-0.3, -0.25) is 0 Å². The molecule has 0 radical (unpaired) electrons. The molecule has 3 rings (SSSR count). The van der Waals surface area contributed by atoms with Crippen molar-refractivity contribution < 1.29 is 0 Å². The predicted octanol–water partition coefficient (Wildman–Crippen LogP) is 2.88. The quantitative estimate of drug-likeness (QED) is 0.913. The lowest BCUT2D eigenvalue weighted by atomic mass is 9.77. The van der Waals surface area contributed by atoms with Gasteiger partial charge in [-0.05, 0) is 23.5 Å². The van der Waals surface area contributed by atoms with Gasteiger partial charge in [0.15, 0.2) is 0 Å². The van der Waals surface area contributed by atoms with E-state index in [2.05, 4.69) is 47.7 Å². The van der Waals surface area contributed by atoms with Crippen LogP contribution in [-0.4, -0.2) is 9.55 Å². The molecule has 2 N–H and O–H groups in total. The van der Waals surface area contributed by atoms with E-state index < -0.39 is 0 Å². The Labute approximate surface area is 114 Å². The van der Waals surface area contributed by atoms with E-state index >= 15 is 0 Å². The lowest BCUT2D eigenvalue weighted by molar-refractivity contribution is 0.446. The van der Waals surface area contributed by atoms with Crippen LogP contribution < -0.4 is 5.73 Å². The van der Waals surface area contributed by atoms with Crippen LogP contribution in [0.25, 0.3) is 0 Å². The zero-order valence-corrected chi connectivity index (χ0v) is 11.6. The van der Waals surface area contributed by atoms with Crippen LogP contribution in [0.3, 0.4) is 0 Å². The molecular weight excluding hydrogens is 234 g/mol. The fraction of sp³-hybridized carbons (Fsp3) is 0.438. The van der Waals surface area contributed by atoms with Crippen molar-refractivity contribution in [3.63, 3.8) is 0 Å². The lowest BCUT2D eigenvalue weighted by Gasteiger charge is -2.31. The van der Waals surface area contributed by atoms with Gasteiger partial charge in [0.1, 0.15) is 0 Å². The molecule has 2 unspecified atom stereocenters. The van der Waals surface area contributed by atoms with Gasteiger partial charge in [-0.2, -0.15) is 0 Å². The molecule has 1 aliphatic carbocycles. The fourth-order valence-corrected chi connectivity index (χ4v) is 2.87. The van der Waals surface area contributed by atoms with E-state index in [0.29, 0.717) is 11.8 Å². The summed E-state index contributed by atoms with van der Waals surface area (Å²) >= 11 is 0. The van der Waals surface area contributed by atoms with Crippen molar-refractivity contribution in [3.05, 3.63) is 53.6 Å². The largest absolute Gasteiger partial charge is 0.333 e. The van der Waals surface area contributed by atoms with Crippen LogP contribution in [0.1, 0.15) is 42.6 Å². The predicted molar refractivity (Wildman–Crippen MR) is 76.9 cm³/mol. The summed E-state index contributed by atoms with van der Waals surface area (Å²) in [6.45, 7) is 5.30. The number of aromatic nitrogens is 2. The Kier molecular flexibility index (Phi) is 3.15. The summed E-state index contributed by atoms with van der Waals surface area (Å²) in [4.78, 5) is 4.28. The van der Waals surface area contributed by atoms with Gasteiger partial charge < -0.3 is 10.3 Å². The fourth-order valence-electron chi connectivity index (χ4n) is 2.87. The normalized spacial score (nSPS) is 19.1. The molecule has 100 valence electrons. The van der Waals surface area contributed by atoms with Crippen LogP contribution in [0.2, 0.25) is 0 Å². The third kappa shape index (κ3) is 2.19. The van der Waals surface area contributed by atoms with Gasteiger partial charge >= 0.3 is 0 Å². The highest BCUT2D eigenvalue weighted by Crippen LogP contribution is 2.36. The van der Waals surface area contributed by atoms with Crippen molar-refractivity contribution in [1.29, 1.82) is 0 Å². The van der Waals surface area contributed by atoms with Crippen LogP contribution >= 0.6 is 0 Å². The van der Waals surface area contributed by atoms with E-state index in [0.717, 1.165) is 12.2 Å². The first kappa shape index (κ1) is 12.4. The van der Waals surface area contributed by atoms with Gasteiger partial charge in [-0.15, -0.1) is 0 Å². The maximum Gasteiger partial charge on any atom is 0.0948 e. The van der Waals surface area contributed by atoms with Crippen LogP contribution in [0, 0.1) is 5.92 Å². The Bertz CT molecular complexity index is 571. The van der Waals surface area contributed by atoms with Gasteiger partial charge in [-0.25, -0.2) is 4.98 Å². The molecule has 3 nitrogen and oxygen atoms in total. The van der Waals surface area contributed by atoms with Gasteiger partial charge in [0.25, 0.3) is 0 Å². The minimum Gasteiger partial charge on any atom is -0.333 e. The molecule has 19 heavy (non-hydrogen) atoms. The number of nitrogens with zero attached hydrogens (tertiary/aromatic N) is 2. The summed E-state index contributed by atoms with van der Waals surface area (Å²) in [5, 5.41) is 0. The number of fused-ring (bicyclic) bond motifs is 1. The van der Waals surface area contributed by atoms with Crippen molar-refractivity contribution in [1.82, 2.24) is 9.55 Å². The molecule has 0 amide bonds. The van der Waals surface area contributed by atoms with E-state index in [9.17, 15) is 0 Å². The Hall–Kier alpha value is -1.61. The highest BCUT2D eigenvalue weighted by molar-refractivity contribution is 5.39. The first-order chi connectivity index (χ1) is 9.16. The van der Waals surface area contributed by atoms with Crippen LogP contribution in [0.15, 0.2) is 36.8 Å². The molecule has 1 aliphatic rings. The molecule has 0 saturated carbocycles. The molecule has 2 aromatic rings. The van der Waals surface area contributed by atoms with Gasteiger partial charge in [0.05, 0.1) is 12.0 Å². The van der Waals surface area contributed by atoms with Crippen molar-refractivity contribution in [2.45, 2.75) is 38.8 Å². The summed E-state index contributed by atoms with van der Waals surface area (Å²) < 4.78 is 2.23. The second-order valence-corrected chi connectivity index (χ2v) is 5.84. The first-order valence-electron chi connectivity index (χ1n) is 7.00. The van der Waals surface area contributed by atoms with Crippen LogP contribution in [0.4, 0.5) is 0 Å². The Morgan fingerprint density at radius 1 is 1.37 bits per heavy atom. The van der Waals surface area contributed by atoms with E-state index in [1.165, 1.54) is 17.5 Å². The van der Waals surface area contributed by atoms with Crippen LogP contribution in [-0.2, 0) is 13.0 Å². The third-order valence-electron chi connectivity index (χ3n) is 4.18. The highest BCUT2D eigenvalue weighted by Gasteiger charge is 2.26. The average molecular weight is 255 g/mol. The third-order valence-corrected chi connectivity index (χ3v) is 4.18. The zero-order valence-electron chi connectivity index (χ0n) is 11.6. The van der Waals surface area contributed by atoms with Crippen molar-refractivity contribution in [3.8, 4) is 0 Å². The second kappa shape index (κ2) is 4.82. The van der Waals surface area contributed by atoms with E-state index in [1.807, 2.05) is 12.5 Å². The van der Waals surface area contributed by atoms with E-state index in [-0.39, 0.29) is 6.04 Å². The molecule has 0 aliphatic heterocycles. The van der Waals surface area contributed by atoms with E-state index in [1.54, 1.807) is 0 Å². The summed E-state index contributed by atoms with van der Waals surface area (Å²) in [7, 11) is 0. The summed E-state index contributed by atoms with van der Waals surface area (Å²) in [5.41, 5.74) is 10.4. The molecule has 0 bridgehead atoms. The summed E-state index contributed by atoms with van der Waals surface area (Å²) in [5.74, 6) is 1.05. The maximum absolute atomic E-state index is 6.25. The number of imidazole rings is 1. The SMILES string of the molecule is CC(C)C(N)c1cncn1CC1Cc2ccccc21. The molecule has 0 saturated heterocycles. The Morgan fingerprint density at radius 2 is 2.16 bits per heavy atom. The minimum absolute atomic E-state index is 0.0674. The number of hydrogen-bond donors (Lipinski definition) is 1. The standard InChI is InChI=1S/C16H21N3/c1-11(2)16(17)15-8-18-10-19(15)9-13-7-12-5-3-4-6-14(12)13/h3-6,8,10-11,13,16H,7,9,17H2,1-2H3. The summed E-state index contributed by atoms with van der Waals surface area (Å²) in [6.07, 6.45) is 5.00. The van der Waals surface area contributed by atoms with Crippen molar-refractivity contribution in [2.24, 2.45) is 11.7 Å². The van der Waals surface area contributed by atoms with Crippen LogP contribution in [0.5, 0.6) is 0 Å². The number of benzene rings is 1. The Balaban J connectivity index is 1.78. The number of rotatable bonds is 4. The van der Waals surface area contributed by atoms with Gasteiger partial charge in [-0.1, -0.05) is 38.1 Å². The van der Waals surface area contributed by atoms with Crippen molar-refractivity contribution in [2.75, 3.05) is 0 Å². The Morgan fingerprint density at radius 3 is 2.89 bits per heavy atom. The monoisotopic (exact) mass is 255 g/mol. The molecule has 3 heteroatoms. The zero-order chi connectivity index (χ0) is 13.4. The van der Waals surface area contributed by atoms with Gasteiger partial charge in [0, 0.05) is 24.7 Å². The average Bonchev–Trinajstić information content (AvgIpc) is 2.83. The maximum atomic E-state index is 6.25. The molecule has 1 heterocycles. The first-order valence-corrected chi connectivity index (χ1v) is 7.00. The molecule has 0 spiro atoms. The van der Waals surface area contributed by atoms with E-state index in [4.69, 9.17) is 5.73 Å². The van der Waals surface area contributed by atoms with Gasteiger partial charge in [0.2, 0.25) is 0 Å². The second-order valence-electron chi connectivity index (χ2n) is 5.84. The topological polar surface area (TPSA) is 43.8 Å². The molecule has 2 atom stereocenters. The van der Waals surface area contributed by atoms with Crippen molar-refractivity contribution >= 4 is 0 Å². The smallest absolute Gasteiger partial charge is 0.0948 e. The molecule has 0 fully saturated rings. The molecule has 1 aromatic heterocycles.